The molecule has 26 heavy (non-hydrogen) atoms. The standard InChI is InChI=1S/C18H16Cl4N3O/c1-3-14-23-18-15-9(2)17(22)26-13(15)5-4-6-24(18)25(14)16-11(20)7-10(19)8-12(16)21/h7-8H,3-6H2,1-2H3/q+1. The Hall–Kier alpha value is -1.20. The van der Waals surface area contributed by atoms with Gasteiger partial charge in [-0.1, -0.05) is 41.7 Å². The first-order chi connectivity index (χ1) is 12.4. The van der Waals surface area contributed by atoms with E-state index in [4.69, 9.17) is 55.8 Å². The van der Waals surface area contributed by atoms with Crippen LogP contribution in [-0.4, -0.2) is 9.67 Å². The molecule has 136 valence electrons. The van der Waals surface area contributed by atoms with Crippen LogP contribution >= 0.6 is 46.4 Å². The summed E-state index contributed by atoms with van der Waals surface area (Å²) in [4.78, 5) is 4.88. The van der Waals surface area contributed by atoms with Crippen molar-refractivity contribution in [2.75, 3.05) is 0 Å². The number of halogens is 4. The number of furan rings is 1. The molecular formula is C18H16Cl4N3O+. The first-order valence-corrected chi connectivity index (χ1v) is 9.88. The Morgan fingerprint density at radius 3 is 2.54 bits per heavy atom. The molecule has 4 rings (SSSR count). The van der Waals surface area contributed by atoms with E-state index in [-0.39, 0.29) is 0 Å². The number of fused-ring (bicyclic) bond motifs is 3. The van der Waals surface area contributed by atoms with Crippen LogP contribution in [0.25, 0.3) is 17.1 Å². The smallest absolute Gasteiger partial charge is 0.355 e. The van der Waals surface area contributed by atoms with E-state index in [0.29, 0.717) is 26.0 Å². The molecule has 8 heteroatoms. The van der Waals surface area contributed by atoms with Crippen LogP contribution in [0, 0.1) is 6.92 Å². The van der Waals surface area contributed by atoms with Gasteiger partial charge in [-0.2, -0.15) is 0 Å². The molecule has 0 unspecified atom stereocenters. The van der Waals surface area contributed by atoms with Crippen molar-refractivity contribution in [3.8, 4) is 17.1 Å². The first kappa shape index (κ1) is 18.2. The number of hydrogen-bond acceptors (Lipinski definition) is 2. The lowest BCUT2D eigenvalue weighted by atomic mass is 10.1. The van der Waals surface area contributed by atoms with E-state index >= 15 is 0 Å². The SMILES string of the molecule is CCc1nc2[n+](n1-c1c(Cl)cc(Cl)cc1Cl)CCCc1oc(Cl)c(C)c1-2. The zero-order valence-electron chi connectivity index (χ0n) is 14.2. The van der Waals surface area contributed by atoms with Gasteiger partial charge in [0.15, 0.2) is 5.22 Å². The highest BCUT2D eigenvalue weighted by Gasteiger charge is 2.36. The van der Waals surface area contributed by atoms with Gasteiger partial charge < -0.3 is 4.42 Å². The molecule has 1 aromatic carbocycles. The number of aromatic nitrogens is 3. The van der Waals surface area contributed by atoms with E-state index < -0.39 is 0 Å². The van der Waals surface area contributed by atoms with E-state index in [1.165, 1.54) is 0 Å². The molecule has 0 N–H and O–H groups in total. The molecule has 2 aromatic heterocycles. The van der Waals surface area contributed by atoms with Crippen molar-refractivity contribution in [1.82, 2.24) is 9.67 Å². The summed E-state index contributed by atoms with van der Waals surface area (Å²) in [6.07, 6.45) is 2.41. The van der Waals surface area contributed by atoms with Gasteiger partial charge in [0.2, 0.25) is 0 Å². The van der Waals surface area contributed by atoms with Crippen LogP contribution in [0.15, 0.2) is 16.5 Å². The molecule has 0 saturated heterocycles. The summed E-state index contributed by atoms with van der Waals surface area (Å²) in [5.74, 6) is 2.56. The Bertz CT molecular complexity index is 999. The summed E-state index contributed by atoms with van der Waals surface area (Å²) in [5, 5.41) is 1.88. The average molecular weight is 432 g/mol. The van der Waals surface area contributed by atoms with Crippen molar-refractivity contribution in [3.05, 3.63) is 49.6 Å². The van der Waals surface area contributed by atoms with Crippen molar-refractivity contribution in [2.24, 2.45) is 0 Å². The van der Waals surface area contributed by atoms with Gasteiger partial charge in [0.1, 0.15) is 23.6 Å². The topological polar surface area (TPSA) is 34.8 Å². The maximum Gasteiger partial charge on any atom is 0.355 e. The van der Waals surface area contributed by atoms with E-state index in [2.05, 4.69) is 4.68 Å². The van der Waals surface area contributed by atoms with Gasteiger partial charge in [0, 0.05) is 23.4 Å². The zero-order chi connectivity index (χ0) is 18.6. The molecule has 1 aliphatic rings. The van der Waals surface area contributed by atoms with Crippen LogP contribution in [-0.2, 0) is 19.4 Å². The Balaban J connectivity index is 2.05. The summed E-state index contributed by atoms with van der Waals surface area (Å²) in [7, 11) is 0. The third-order valence-electron chi connectivity index (χ3n) is 4.63. The van der Waals surface area contributed by atoms with Gasteiger partial charge in [-0.05, 0) is 42.1 Å². The Morgan fingerprint density at radius 2 is 1.88 bits per heavy atom. The molecule has 0 aliphatic carbocycles. The molecular weight excluding hydrogens is 416 g/mol. The summed E-state index contributed by atoms with van der Waals surface area (Å²) >= 11 is 25.3. The van der Waals surface area contributed by atoms with Crippen LogP contribution < -0.4 is 4.68 Å². The molecule has 0 fully saturated rings. The molecule has 0 saturated carbocycles. The van der Waals surface area contributed by atoms with Gasteiger partial charge >= 0.3 is 5.82 Å². The van der Waals surface area contributed by atoms with Crippen molar-refractivity contribution >= 4 is 46.4 Å². The maximum atomic E-state index is 6.50. The molecule has 0 spiro atoms. The van der Waals surface area contributed by atoms with Gasteiger partial charge in [-0.25, -0.2) is 0 Å². The minimum absolute atomic E-state index is 0.415. The van der Waals surface area contributed by atoms with Crippen molar-refractivity contribution in [2.45, 2.75) is 39.7 Å². The predicted octanol–water partition coefficient (Wildman–Crippen LogP) is 5.85. The first-order valence-electron chi connectivity index (χ1n) is 8.37. The Kier molecular flexibility index (Phi) is 4.72. The minimum atomic E-state index is 0.415. The lowest BCUT2D eigenvalue weighted by Crippen LogP contribution is -2.44. The van der Waals surface area contributed by atoms with E-state index in [9.17, 15) is 0 Å². The van der Waals surface area contributed by atoms with Crippen LogP contribution in [0.3, 0.4) is 0 Å². The summed E-state index contributed by atoms with van der Waals surface area (Å²) in [6.45, 7) is 4.76. The largest absolute Gasteiger partial charge is 0.448 e. The fraction of sp³-hybridized carbons (Fsp3) is 0.333. The van der Waals surface area contributed by atoms with Crippen molar-refractivity contribution in [1.29, 1.82) is 0 Å². The van der Waals surface area contributed by atoms with Crippen LogP contribution in [0.5, 0.6) is 0 Å². The molecule has 1 aliphatic heterocycles. The lowest BCUT2D eigenvalue weighted by molar-refractivity contribution is -0.758. The number of rotatable bonds is 2. The molecule has 0 bridgehead atoms. The quantitative estimate of drug-likeness (QED) is 0.477. The number of aryl methyl sites for hydroxylation is 2. The Labute approximate surface area is 171 Å². The molecule has 4 nitrogen and oxygen atoms in total. The normalized spacial score (nSPS) is 13.5. The van der Waals surface area contributed by atoms with Gasteiger partial charge in [-0.15, -0.1) is 9.36 Å². The molecule has 3 heterocycles. The predicted molar refractivity (Wildman–Crippen MR) is 104 cm³/mol. The summed E-state index contributed by atoms with van der Waals surface area (Å²) in [5.41, 5.74) is 2.55. The fourth-order valence-corrected chi connectivity index (χ4v) is 4.63. The van der Waals surface area contributed by atoms with Crippen molar-refractivity contribution in [3.63, 3.8) is 0 Å². The van der Waals surface area contributed by atoms with Crippen molar-refractivity contribution < 1.29 is 9.10 Å². The van der Waals surface area contributed by atoms with Gasteiger partial charge in [0.25, 0.3) is 5.82 Å². The second-order valence-electron chi connectivity index (χ2n) is 6.26. The third-order valence-corrected chi connectivity index (χ3v) is 5.79. The highest BCUT2D eigenvalue weighted by Crippen LogP contribution is 2.37. The highest BCUT2D eigenvalue weighted by molar-refractivity contribution is 6.40. The van der Waals surface area contributed by atoms with Gasteiger partial charge in [-0.3, -0.25) is 0 Å². The lowest BCUT2D eigenvalue weighted by Gasteiger charge is -2.11. The fourth-order valence-electron chi connectivity index (χ4n) is 3.47. The number of hydrogen-bond donors (Lipinski definition) is 0. The zero-order valence-corrected chi connectivity index (χ0v) is 17.3. The van der Waals surface area contributed by atoms with E-state index in [0.717, 1.165) is 54.3 Å². The molecule has 0 atom stereocenters. The van der Waals surface area contributed by atoms with E-state index in [1.54, 1.807) is 12.1 Å². The molecule has 3 aromatic rings. The minimum Gasteiger partial charge on any atom is -0.448 e. The number of benzene rings is 1. The monoisotopic (exact) mass is 430 g/mol. The average Bonchev–Trinajstić information content (AvgIpc) is 2.98. The second kappa shape index (κ2) is 6.75. The van der Waals surface area contributed by atoms with E-state index in [1.807, 2.05) is 18.5 Å². The summed E-state index contributed by atoms with van der Waals surface area (Å²) < 4.78 is 9.85. The summed E-state index contributed by atoms with van der Waals surface area (Å²) in [6, 6.07) is 3.39. The maximum absolute atomic E-state index is 6.50. The van der Waals surface area contributed by atoms with Gasteiger partial charge in [0.05, 0.1) is 10.0 Å². The highest BCUT2D eigenvalue weighted by atomic mass is 35.5. The third kappa shape index (κ3) is 2.75. The number of nitrogens with zero attached hydrogens (tertiary/aromatic N) is 3. The Morgan fingerprint density at radius 1 is 1.19 bits per heavy atom. The van der Waals surface area contributed by atoms with Crippen LogP contribution in [0.4, 0.5) is 0 Å². The van der Waals surface area contributed by atoms with Crippen LogP contribution in [0.1, 0.15) is 30.5 Å². The second-order valence-corrected chi connectivity index (χ2v) is 7.85. The molecule has 0 radical (unpaired) electrons. The van der Waals surface area contributed by atoms with Crippen LogP contribution in [0.2, 0.25) is 20.3 Å². The molecule has 0 amide bonds.